The zero-order valence-electron chi connectivity index (χ0n) is 13.6. The van der Waals surface area contributed by atoms with E-state index < -0.39 is 11.6 Å². The average Bonchev–Trinajstić information content (AvgIpc) is 3.16. The van der Waals surface area contributed by atoms with Crippen LogP contribution in [0.25, 0.3) is 0 Å². The van der Waals surface area contributed by atoms with Crippen molar-refractivity contribution in [2.24, 2.45) is 0 Å². The lowest BCUT2D eigenvalue weighted by Crippen LogP contribution is -2.48. The molecule has 0 N–H and O–H groups in total. The molecular formula is C19H16BrNO4. The normalized spacial score (nSPS) is 26.2. The van der Waals surface area contributed by atoms with E-state index in [1.807, 2.05) is 41.3 Å². The minimum Gasteiger partial charge on any atom is -0.454 e. The second-order valence-electron chi connectivity index (χ2n) is 6.70. The Bertz CT molecular complexity index is 899. The molecule has 1 fully saturated rings. The molecule has 2 aromatic carbocycles. The summed E-state index contributed by atoms with van der Waals surface area (Å²) < 4.78 is 17.9. The third-order valence-electron chi connectivity index (χ3n) is 5.45. The number of rotatable bonds is 1. The molecule has 1 saturated heterocycles. The van der Waals surface area contributed by atoms with Gasteiger partial charge in [-0.15, -0.1) is 0 Å². The molecule has 2 aromatic rings. The lowest BCUT2D eigenvalue weighted by Gasteiger charge is -2.41. The summed E-state index contributed by atoms with van der Waals surface area (Å²) in [5, 5.41) is 0. The highest BCUT2D eigenvalue weighted by atomic mass is 79.9. The van der Waals surface area contributed by atoms with E-state index in [1.54, 1.807) is 0 Å². The van der Waals surface area contributed by atoms with Gasteiger partial charge in [0.2, 0.25) is 6.79 Å². The Labute approximate surface area is 153 Å². The summed E-state index contributed by atoms with van der Waals surface area (Å²) in [6, 6.07) is 11.9. The second-order valence-corrected chi connectivity index (χ2v) is 7.55. The number of carbonyl (C=O) groups is 1. The van der Waals surface area contributed by atoms with Crippen molar-refractivity contribution in [3.63, 3.8) is 0 Å². The van der Waals surface area contributed by atoms with Gasteiger partial charge in [0.05, 0.1) is 0 Å². The molecule has 2 atom stereocenters. The van der Waals surface area contributed by atoms with Crippen molar-refractivity contribution in [1.82, 2.24) is 4.90 Å². The number of cyclic esters (lactones) is 1. The van der Waals surface area contributed by atoms with Gasteiger partial charge in [0.25, 0.3) is 0 Å². The lowest BCUT2D eigenvalue weighted by molar-refractivity contribution is 0.100. The highest BCUT2D eigenvalue weighted by molar-refractivity contribution is 9.10. The van der Waals surface area contributed by atoms with Crippen LogP contribution in [0.1, 0.15) is 29.7 Å². The monoisotopic (exact) mass is 401 g/mol. The average molecular weight is 402 g/mol. The Kier molecular flexibility index (Phi) is 3.10. The number of halogens is 1. The fourth-order valence-corrected chi connectivity index (χ4v) is 4.66. The van der Waals surface area contributed by atoms with Gasteiger partial charge in [-0.1, -0.05) is 34.1 Å². The van der Waals surface area contributed by atoms with E-state index in [9.17, 15) is 4.79 Å². The van der Waals surface area contributed by atoms with Gasteiger partial charge in [0.1, 0.15) is 5.54 Å². The van der Waals surface area contributed by atoms with Crippen molar-refractivity contribution >= 4 is 22.0 Å². The first-order chi connectivity index (χ1) is 12.1. The Morgan fingerprint density at radius 2 is 1.96 bits per heavy atom. The van der Waals surface area contributed by atoms with Crippen molar-refractivity contribution in [1.29, 1.82) is 0 Å². The van der Waals surface area contributed by atoms with E-state index in [1.165, 1.54) is 5.56 Å². The molecule has 128 valence electrons. The van der Waals surface area contributed by atoms with Gasteiger partial charge < -0.3 is 14.2 Å². The van der Waals surface area contributed by atoms with Gasteiger partial charge in [0.15, 0.2) is 17.6 Å². The molecule has 3 aliphatic heterocycles. The molecule has 0 aromatic heterocycles. The zero-order chi connectivity index (χ0) is 17.2. The van der Waals surface area contributed by atoms with Gasteiger partial charge in [-0.2, -0.15) is 0 Å². The van der Waals surface area contributed by atoms with Crippen LogP contribution in [0.5, 0.6) is 11.5 Å². The van der Waals surface area contributed by atoms with Crippen molar-refractivity contribution in [3.05, 3.63) is 57.6 Å². The van der Waals surface area contributed by atoms with E-state index in [0.29, 0.717) is 6.54 Å². The molecule has 5 rings (SSSR count). The van der Waals surface area contributed by atoms with Crippen LogP contribution < -0.4 is 9.47 Å². The van der Waals surface area contributed by atoms with Gasteiger partial charge in [-0.3, -0.25) is 4.90 Å². The minimum atomic E-state index is -0.588. The van der Waals surface area contributed by atoms with E-state index in [4.69, 9.17) is 14.2 Å². The summed E-state index contributed by atoms with van der Waals surface area (Å²) >= 11 is 3.60. The number of nitrogens with zero attached hydrogens (tertiary/aromatic N) is 1. The Balaban J connectivity index is 1.72. The van der Waals surface area contributed by atoms with E-state index >= 15 is 0 Å². The highest BCUT2D eigenvalue weighted by Crippen LogP contribution is 2.54. The predicted octanol–water partition coefficient (Wildman–Crippen LogP) is 4.14. The van der Waals surface area contributed by atoms with Crippen LogP contribution in [-0.2, 0) is 16.7 Å². The van der Waals surface area contributed by atoms with Crippen LogP contribution in [0.2, 0.25) is 0 Å². The predicted molar refractivity (Wildman–Crippen MR) is 93.7 cm³/mol. The topological polar surface area (TPSA) is 48.0 Å². The molecule has 6 heteroatoms. The summed E-state index contributed by atoms with van der Waals surface area (Å²) in [6.07, 6.45) is 0.112. The van der Waals surface area contributed by atoms with Gasteiger partial charge >= 0.3 is 6.09 Å². The summed E-state index contributed by atoms with van der Waals surface area (Å²) in [5.74, 6) is 1.51. The molecule has 0 radical (unpaired) electrons. The first-order valence-electron chi connectivity index (χ1n) is 8.24. The van der Waals surface area contributed by atoms with Gasteiger partial charge in [-0.05, 0) is 42.7 Å². The summed E-state index contributed by atoms with van der Waals surface area (Å²) in [7, 11) is 0. The zero-order valence-corrected chi connectivity index (χ0v) is 15.2. The highest BCUT2D eigenvalue weighted by Gasteiger charge is 2.56. The number of carbonyl (C=O) groups excluding carboxylic acids is 1. The summed E-state index contributed by atoms with van der Waals surface area (Å²) in [4.78, 5) is 14.4. The molecule has 0 spiro atoms. The fraction of sp³-hybridized carbons (Fsp3) is 0.316. The van der Waals surface area contributed by atoms with E-state index in [0.717, 1.165) is 33.5 Å². The molecule has 1 amide bonds. The summed E-state index contributed by atoms with van der Waals surface area (Å²) in [6.45, 7) is 2.94. The molecule has 3 heterocycles. The molecule has 0 unspecified atom stereocenters. The maximum absolute atomic E-state index is 12.6. The molecule has 0 saturated carbocycles. The van der Waals surface area contributed by atoms with Crippen molar-refractivity contribution in [3.8, 4) is 11.5 Å². The molecule has 0 aliphatic carbocycles. The Hall–Kier alpha value is -2.21. The fourth-order valence-electron chi connectivity index (χ4n) is 4.17. The van der Waals surface area contributed by atoms with Gasteiger partial charge in [0, 0.05) is 16.6 Å². The van der Waals surface area contributed by atoms with Crippen LogP contribution >= 0.6 is 15.9 Å². The Morgan fingerprint density at radius 3 is 2.76 bits per heavy atom. The second kappa shape index (κ2) is 5.14. The summed E-state index contributed by atoms with van der Waals surface area (Å²) in [5.41, 5.74) is 2.62. The molecule has 0 bridgehead atoms. The number of amides is 1. The molecular weight excluding hydrogens is 386 g/mol. The first kappa shape index (κ1) is 15.1. The van der Waals surface area contributed by atoms with Crippen LogP contribution in [0.3, 0.4) is 0 Å². The quantitative estimate of drug-likeness (QED) is 0.720. The standard InChI is InChI=1S/C19H16BrNO4/c1-19-13-9-16-15(23-10-24-16)8-11(13)6-7-21(19)18(22)25-17(19)12-4-2-3-5-14(12)20/h2-5,8-9,17H,6-7,10H2,1H3/t17-,19-/m0/s1. The lowest BCUT2D eigenvalue weighted by atomic mass is 9.76. The number of hydrogen-bond donors (Lipinski definition) is 0. The largest absolute Gasteiger partial charge is 0.454 e. The third-order valence-corrected chi connectivity index (χ3v) is 6.17. The number of fused-ring (bicyclic) bond motifs is 4. The van der Waals surface area contributed by atoms with Crippen molar-refractivity contribution in [2.45, 2.75) is 25.0 Å². The number of hydrogen-bond acceptors (Lipinski definition) is 4. The molecule has 3 aliphatic rings. The van der Waals surface area contributed by atoms with E-state index in [-0.39, 0.29) is 12.9 Å². The van der Waals surface area contributed by atoms with Crippen LogP contribution in [0.15, 0.2) is 40.9 Å². The van der Waals surface area contributed by atoms with Crippen molar-refractivity contribution < 1.29 is 19.0 Å². The maximum Gasteiger partial charge on any atom is 0.411 e. The SMILES string of the molecule is C[C@@]12c3cc4c(cc3CCN1C(=O)O[C@H]2c1ccccc1Br)OCO4. The number of ether oxygens (including phenoxy) is 3. The number of benzene rings is 2. The van der Waals surface area contributed by atoms with Crippen LogP contribution in [-0.4, -0.2) is 24.3 Å². The molecule has 25 heavy (non-hydrogen) atoms. The Morgan fingerprint density at radius 1 is 1.20 bits per heavy atom. The molecule has 5 nitrogen and oxygen atoms in total. The van der Waals surface area contributed by atoms with Crippen LogP contribution in [0.4, 0.5) is 4.79 Å². The maximum atomic E-state index is 12.6. The van der Waals surface area contributed by atoms with Crippen molar-refractivity contribution in [2.75, 3.05) is 13.3 Å². The third kappa shape index (κ3) is 1.97. The minimum absolute atomic E-state index is 0.238. The smallest absolute Gasteiger partial charge is 0.411 e. The first-order valence-corrected chi connectivity index (χ1v) is 9.04. The van der Waals surface area contributed by atoms with Gasteiger partial charge in [-0.25, -0.2) is 4.79 Å². The van der Waals surface area contributed by atoms with E-state index in [2.05, 4.69) is 22.9 Å². The van der Waals surface area contributed by atoms with Crippen LogP contribution in [0, 0.1) is 0 Å².